The number of hydrogen-bond donors (Lipinski definition) is 2. The van der Waals surface area contributed by atoms with Gasteiger partial charge in [0.05, 0.1) is 53.1 Å². The van der Waals surface area contributed by atoms with E-state index in [9.17, 15) is 40.6 Å². The van der Waals surface area contributed by atoms with Crippen molar-refractivity contribution in [2.45, 2.75) is 42.0 Å². The predicted octanol–water partition coefficient (Wildman–Crippen LogP) is 0.693. The highest BCUT2D eigenvalue weighted by atomic mass is 32.2. The van der Waals surface area contributed by atoms with Gasteiger partial charge in [-0.2, -0.15) is 8.42 Å². The van der Waals surface area contributed by atoms with Crippen molar-refractivity contribution in [1.29, 1.82) is 0 Å². The van der Waals surface area contributed by atoms with Crippen LogP contribution in [-0.2, 0) is 45.4 Å². The molecule has 2 N–H and O–H groups in total. The van der Waals surface area contributed by atoms with Crippen molar-refractivity contribution < 1.29 is 50.0 Å². The van der Waals surface area contributed by atoms with E-state index >= 15 is 0 Å². The SMILES string of the molecule is Cc1ccc(S(=O)(=O)O)c(CCOCCOCCS(=O)(=O)c2cccc3c2C(=O)N(C2CCC(=O)NC2=O)C3=O)c1. The predicted molar refractivity (Wildman–Crippen MR) is 142 cm³/mol. The minimum atomic E-state index is -4.38. The number of ether oxygens (including phenoxy) is 2. The first-order valence-corrected chi connectivity index (χ1v) is 15.7. The van der Waals surface area contributed by atoms with Gasteiger partial charge in [0.15, 0.2) is 9.84 Å². The monoisotopic (exact) mass is 608 g/mol. The molecule has 0 aromatic heterocycles. The Morgan fingerprint density at radius 2 is 1.63 bits per heavy atom. The lowest BCUT2D eigenvalue weighted by Crippen LogP contribution is -2.54. The molecule has 2 aromatic carbocycles. The largest absolute Gasteiger partial charge is 0.379 e. The molecule has 41 heavy (non-hydrogen) atoms. The zero-order chi connectivity index (χ0) is 29.9. The van der Waals surface area contributed by atoms with Crippen LogP contribution in [0.4, 0.5) is 0 Å². The molecule has 1 atom stereocenters. The molecule has 2 heterocycles. The summed E-state index contributed by atoms with van der Waals surface area (Å²) in [6, 6.07) is 7.16. The van der Waals surface area contributed by atoms with Gasteiger partial charge in [-0.1, -0.05) is 23.8 Å². The molecule has 0 radical (unpaired) electrons. The van der Waals surface area contributed by atoms with Crippen LogP contribution in [0.2, 0.25) is 0 Å². The number of rotatable bonds is 12. The van der Waals surface area contributed by atoms with E-state index in [4.69, 9.17) is 9.47 Å². The van der Waals surface area contributed by atoms with Crippen molar-refractivity contribution in [1.82, 2.24) is 10.2 Å². The molecule has 0 spiro atoms. The maximum absolute atomic E-state index is 13.2. The molecule has 4 amide bonds. The maximum Gasteiger partial charge on any atom is 0.294 e. The molecule has 1 fully saturated rings. The van der Waals surface area contributed by atoms with Crippen LogP contribution >= 0.6 is 0 Å². The van der Waals surface area contributed by atoms with Crippen LogP contribution in [0.5, 0.6) is 0 Å². The lowest BCUT2D eigenvalue weighted by molar-refractivity contribution is -0.136. The lowest BCUT2D eigenvalue weighted by atomic mass is 10.0. The number of piperidine rings is 1. The number of sulfone groups is 1. The minimum Gasteiger partial charge on any atom is -0.379 e. The molecule has 4 rings (SSSR count). The molecule has 0 aliphatic carbocycles. The second kappa shape index (κ2) is 12.2. The highest BCUT2D eigenvalue weighted by molar-refractivity contribution is 7.91. The molecular weight excluding hydrogens is 580 g/mol. The van der Waals surface area contributed by atoms with E-state index in [1.165, 1.54) is 24.3 Å². The van der Waals surface area contributed by atoms with Gasteiger partial charge >= 0.3 is 0 Å². The number of nitrogens with zero attached hydrogens (tertiary/aromatic N) is 1. The van der Waals surface area contributed by atoms with Crippen molar-refractivity contribution in [3.05, 3.63) is 58.7 Å². The zero-order valence-electron chi connectivity index (χ0n) is 22.0. The molecule has 0 bridgehead atoms. The van der Waals surface area contributed by atoms with E-state index in [1.54, 1.807) is 19.1 Å². The number of amides is 4. The van der Waals surface area contributed by atoms with Gasteiger partial charge in [-0.05, 0) is 43.5 Å². The van der Waals surface area contributed by atoms with Crippen molar-refractivity contribution >= 4 is 43.6 Å². The standard InChI is InChI=1S/C26H28N2O11S2/c1-16-5-7-20(41(35,36)37)17(15-16)9-10-38-11-12-39-13-14-40(33,34)21-4-2-3-18-23(21)26(32)28(25(18)31)19-6-8-22(29)27-24(19)30/h2-5,7,15,19H,6,8-14H2,1H3,(H,27,29,30)(H,35,36,37). The fourth-order valence-corrected chi connectivity index (χ4v) is 6.76. The summed E-state index contributed by atoms with van der Waals surface area (Å²) in [7, 11) is -8.45. The van der Waals surface area contributed by atoms with E-state index in [0.29, 0.717) is 10.5 Å². The van der Waals surface area contributed by atoms with Gasteiger partial charge < -0.3 is 9.47 Å². The number of carbonyl (C=O) groups excluding carboxylic acids is 4. The van der Waals surface area contributed by atoms with E-state index in [0.717, 1.165) is 5.56 Å². The van der Waals surface area contributed by atoms with E-state index in [2.05, 4.69) is 5.32 Å². The third-order valence-corrected chi connectivity index (χ3v) is 9.31. The zero-order valence-corrected chi connectivity index (χ0v) is 23.6. The number of aryl methyl sites for hydroxylation is 1. The number of carbonyl (C=O) groups is 4. The van der Waals surface area contributed by atoms with E-state index in [-0.39, 0.29) is 66.6 Å². The third-order valence-electron chi connectivity index (χ3n) is 6.64. The Morgan fingerprint density at radius 1 is 0.927 bits per heavy atom. The average molecular weight is 609 g/mol. The van der Waals surface area contributed by atoms with Crippen LogP contribution in [0.25, 0.3) is 0 Å². The first-order chi connectivity index (χ1) is 19.3. The third kappa shape index (κ3) is 6.70. The molecule has 2 aliphatic rings. The molecule has 220 valence electrons. The number of imide groups is 2. The number of fused-ring (bicyclic) bond motifs is 1. The van der Waals surface area contributed by atoms with E-state index in [1.807, 2.05) is 0 Å². The van der Waals surface area contributed by atoms with Gasteiger partial charge in [-0.3, -0.25) is 33.9 Å². The average Bonchev–Trinajstić information content (AvgIpc) is 3.14. The Morgan fingerprint density at radius 3 is 2.32 bits per heavy atom. The smallest absolute Gasteiger partial charge is 0.294 e. The van der Waals surface area contributed by atoms with Gasteiger partial charge in [0.2, 0.25) is 11.8 Å². The summed E-state index contributed by atoms with van der Waals surface area (Å²) >= 11 is 0. The van der Waals surface area contributed by atoms with Crippen molar-refractivity contribution in [3.8, 4) is 0 Å². The molecule has 2 aliphatic heterocycles. The topological polar surface area (TPSA) is 191 Å². The van der Waals surface area contributed by atoms with Crippen molar-refractivity contribution in [3.63, 3.8) is 0 Å². The molecule has 1 saturated heterocycles. The summed E-state index contributed by atoms with van der Waals surface area (Å²) in [6.07, 6.45) is 0.0985. The summed E-state index contributed by atoms with van der Waals surface area (Å²) in [5, 5.41) is 2.09. The normalized spacial score (nSPS) is 17.6. The second-order valence-electron chi connectivity index (χ2n) is 9.51. The van der Waals surface area contributed by atoms with Crippen molar-refractivity contribution in [2.24, 2.45) is 0 Å². The highest BCUT2D eigenvalue weighted by Crippen LogP contribution is 2.32. The quantitative estimate of drug-likeness (QED) is 0.196. The van der Waals surface area contributed by atoms with Gasteiger partial charge in [0.25, 0.3) is 21.9 Å². The van der Waals surface area contributed by atoms with Gasteiger partial charge in [-0.15, -0.1) is 0 Å². The van der Waals surface area contributed by atoms with Crippen LogP contribution < -0.4 is 5.32 Å². The van der Waals surface area contributed by atoms with Crippen LogP contribution in [-0.4, -0.2) is 88.1 Å². The molecule has 1 unspecified atom stereocenters. The van der Waals surface area contributed by atoms with Gasteiger partial charge in [0.1, 0.15) is 6.04 Å². The molecule has 0 saturated carbocycles. The Bertz CT molecular complexity index is 1620. The van der Waals surface area contributed by atoms with Crippen LogP contribution in [0, 0.1) is 6.92 Å². The second-order valence-corrected chi connectivity index (χ2v) is 13.0. The summed E-state index contributed by atoms with van der Waals surface area (Å²) in [4.78, 5) is 50.0. The molecule has 15 heteroatoms. The summed E-state index contributed by atoms with van der Waals surface area (Å²) < 4.78 is 69.4. The number of nitrogens with one attached hydrogen (secondary N) is 1. The Kier molecular flexibility index (Phi) is 9.03. The molecule has 2 aromatic rings. The first-order valence-electron chi connectivity index (χ1n) is 12.6. The Hall–Kier alpha value is -3.50. The highest BCUT2D eigenvalue weighted by Gasteiger charge is 2.46. The fraction of sp³-hybridized carbons (Fsp3) is 0.385. The minimum absolute atomic E-state index is 0.0299. The Balaban J connectivity index is 1.30. The maximum atomic E-state index is 13.2. The number of benzene rings is 2. The van der Waals surface area contributed by atoms with E-state index < -0.39 is 55.4 Å². The summed E-state index contributed by atoms with van der Waals surface area (Å²) in [5.74, 6) is -3.54. The molecular formula is C26H28N2O11S2. The van der Waals surface area contributed by atoms with Gasteiger partial charge in [-0.25, -0.2) is 8.42 Å². The Labute approximate surface area is 236 Å². The van der Waals surface area contributed by atoms with Gasteiger partial charge in [0, 0.05) is 6.42 Å². The first kappa shape index (κ1) is 30.5. The van der Waals surface area contributed by atoms with Crippen molar-refractivity contribution in [2.75, 3.05) is 32.2 Å². The summed E-state index contributed by atoms with van der Waals surface area (Å²) in [5.41, 5.74) is 0.765. The fourth-order valence-electron chi connectivity index (χ4n) is 4.68. The van der Waals surface area contributed by atoms with Crippen LogP contribution in [0.3, 0.4) is 0 Å². The lowest BCUT2D eigenvalue weighted by Gasteiger charge is -2.27. The van der Waals surface area contributed by atoms with Crippen LogP contribution in [0.15, 0.2) is 46.2 Å². The van der Waals surface area contributed by atoms with Crippen LogP contribution in [0.1, 0.15) is 44.7 Å². The molecule has 13 nitrogen and oxygen atoms in total. The summed E-state index contributed by atoms with van der Waals surface area (Å²) in [6.45, 7) is 1.79. The number of hydrogen-bond acceptors (Lipinski definition) is 10.